The molecule has 1 aliphatic carbocycles. The van der Waals surface area contributed by atoms with E-state index in [1.165, 1.54) is 25.7 Å². The smallest absolute Gasteiger partial charge is 0.00961 e. The standard InChI is InChI=1S/C8H17N/c1-3-4-5-7-6-8(7)9-2/h7-9H,3-6H2,1-2H3. The second-order valence-electron chi connectivity index (χ2n) is 3.03. The van der Waals surface area contributed by atoms with E-state index in [2.05, 4.69) is 19.3 Å². The SMILES string of the molecule is CCCCC1CC1NC. The maximum atomic E-state index is 3.30. The Morgan fingerprint density at radius 2 is 2.33 bits per heavy atom. The average molecular weight is 127 g/mol. The normalized spacial score (nSPS) is 32.7. The van der Waals surface area contributed by atoms with Crippen LogP contribution in [0.2, 0.25) is 0 Å². The molecular formula is C8H17N. The van der Waals surface area contributed by atoms with Gasteiger partial charge < -0.3 is 5.32 Å². The van der Waals surface area contributed by atoms with Crippen molar-refractivity contribution in [1.82, 2.24) is 5.32 Å². The molecule has 0 aromatic rings. The lowest BCUT2D eigenvalue weighted by atomic mass is 10.2. The third kappa shape index (κ3) is 1.98. The Kier molecular flexibility index (Phi) is 2.52. The highest BCUT2D eigenvalue weighted by Crippen LogP contribution is 2.34. The van der Waals surface area contributed by atoms with Gasteiger partial charge >= 0.3 is 0 Å². The van der Waals surface area contributed by atoms with Crippen molar-refractivity contribution < 1.29 is 0 Å². The molecular weight excluding hydrogens is 110 g/mol. The summed E-state index contributed by atoms with van der Waals surface area (Å²) in [7, 11) is 2.07. The number of nitrogens with one attached hydrogen (secondary N) is 1. The van der Waals surface area contributed by atoms with Gasteiger partial charge in [0.2, 0.25) is 0 Å². The zero-order chi connectivity index (χ0) is 6.69. The topological polar surface area (TPSA) is 12.0 Å². The minimum atomic E-state index is 0.872. The Morgan fingerprint density at radius 3 is 2.78 bits per heavy atom. The molecule has 1 nitrogen and oxygen atoms in total. The van der Waals surface area contributed by atoms with E-state index in [0.29, 0.717) is 0 Å². The van der Waals surface area contributed by atoms with E-state index in [1.54, 1.807) is 0 Å². The summed E-state index contributed by atoms with van der Waals surface area (Å²) in [5.74, 6) is 1.02. The number of rotatable bonds is 4. The van der Waals surface area contributed by atoms with Crippen LogP contribution in [-0.4, -0.2) is 13.1 Å². The summed E-state index contributed by atoms with van der Waals surface area (Å²) in [5.41, 5.74) is 0. The van der Waals surface area contributed by atoms with Gasteiger partial charge in [0.15, 0.2) is 0 Å². The number of hydrogen-bond donors (Lipinski definition) is 1. The van der Waals surface area contributed by atoms with Crippen LogP contribution >= 0.6 is 0 Å². The van der Waals surface area contributed by atoms with Gasteiger partial charge in [-0.05, 0) is 25.8 Å². The summed E-state index contributed by atoms with van der Waals surface area (Å²) < 4.78 is 0. The highest BCUT2D eigenvalue weighted by molar-refractivity contribution is 4.91. The summed E-state index contributed by atoms with van der Waals surface area (Å²) >= 11 is 0. The second-order valence-corrected chi connectivity index (χ2v) is 3.03. The number of unbranched alkanes of at least 4 members (excludes halogenated alkanes) is 1. The molecule has 1 saturated carbocycles. The molecule has 54 valence electrons. The Bertz CT molecular complexity index is 80.6. The molecule has 1 aliphatic rings. The van der Waals surface area contributed by atoms with Crippen molar-refractivity contribution in [3.63, 3.8) is 0 Å². The van der Waals surface area contributed by atoms with Gasteiger partial charge in [0, 0.05) is 6.04 Å². The lowest BCUT2D eigenvalue weighted by Crippen LogP contribution is -2.10. The van der Waals surface area contributed by atoms with Gasteiger partial charge in [0.05, 0.1) is 0 Å². The molecule has 2 unspecified atom stereocenters. The fourth-order valence-corrected chi connectivity index (χ4v) is 1.39. The molecule has 1 fully saturated rings. The second kappa shape index (κ2) is 3.21. The van der Waals surface area contributed by atoms with Crippen molar-refractivity contribution in [2.24, 2.45) is 5.92 Å². The largest absolute Gasteiger partial charge is 0.317 e. The van der Waals surface area contributed by atoms with Crippen molar-refractivity contribution in [2.45, 2.75) is 38.6 Å². The van der Waals surface area contributed by atoms with Crippen molar-refractivity contribution in [1.29, 1.82) is 0 Å². The van der Waals surface area contributed by atoms with Gasteiger partial charge in [-0.3, -0.25) is 0 Å². The maximum Gasteiger partial charge on any atom is 0.00961 e. The van der Waals surface area contributed by atoms with Crippen molar-refractivity contribution in [3.05, 3.63) is 0 Å². The molecule has 0 aromatic carbocycles. The molecule has 9 heavy (non-hydrogen) atoms. The Hall–Kier alpha value is -0.0400. The molecule has 0 spiro atoms. The van der Waals surface area contributed by atoms with Crippen molar-refractivity contribution in [3.8, 4) is 0 Å². The first-order chi connectivity index (χ1) is 4.38. The highest BCUT2D eigenvalue weighted by atomic mass is 14.9. The van der Waals surface area contributed by atoms with E-state index in [0.717, 1.165) is 12.0 Å². The minimum Gasteiger partial charge on any atom is -0.317 e. The predicted molar refractivity (Wildman–Crippen MR) is 40.5 cm³/mol. The highest BCUT2D eigenvalue weighted by Gasteiger charge is 2.34. The van der Waals surface area contributed by atoms with Crippen LogP contribution in [0.25, 0.3) is 0 Å². The molecule has 0 radical (unpaired) electrons. The van der Waals surface area contributed by atoms with Crippen LogP contribution in [0.3, 0.4) is 0 Å². The van der Waals surface area contributed by atoms with Gasteiger partial charge in [-0.2, -0.15) is 0 Å². The Labute approximate surface area is 57.8 Å². The zero-order valence-corrected chi connectivity index (χ0v) is 6.48. The first kappa shape index (κ1) is 7.07. The van der Waals surface area contributed by atoms with E-state index >= 15 is 0 Å². The van der Waals surface area contributed by atoms with E-state index in [1.807, 2.05) is 0 Å². The molecule has 0 aliphatic heterocycles. The van der Waals surface area contributed by atoms with Crippen LogP contribution in [0, 0.1) is 5.92 Å². The lowest BCUT2D eigenvalue weighted by Gasteiger charge is -1.94. The van der Waals surface area contributed by atoms with Gasteiger partial charge in [0.25, 0.3) is 0 Å². The average Bonchev–Trinajstić information content (AvgIpc) is 2.62. The molecule has 1 heteroatoms. The molecule has 0 amide bonds. The minimum absolute atomic E-state index is 0.872. The molecule has 0 heterocycles. The number of hydrogen-bond acceptors (Lipinski definition) is 1. The third-order valence-corrected chi connectivity index (χ3v) is 2.22. The molecule has 0 bridgehead atoms. The quantitative estimate of drug-likeness (QED) is 0.607. The summed E-state index contributed by atoms with van der Waals surface area (Å²) in [6, 6.07) is 0.872. The lowest BCUT2D eigenvalue weighted by molar-refractivity contribution is 0.610. The van der Waals surface area contributed by atoms with Crippen LogP contribution < -0.4 is 5.32 Å². The monoisotopic (exact) mass is 127 g/mol. The summed E-state index contributed by atoms with van der Waals surface area (Å²) in [4.78, 5) is 0. The van der Waals surface area contributed by atoms with E-state index in [4.69, 9.17) is 0 Å². The van der Waals surface area contributed by atoms with Crippen LogP contribution in [-0.2, 0) is 0 Å². The molecule has 1 N–H and O–H groups in total. The van der Waals surface area contributed by atoms with Crippen LogP contribution in [0.5, 0.6) is 0 Å². The third-order valence-electron chi connectivity index (χ3n) is 2.22. The zero-order valence-electron chi connectivity index (χ0n) is 6.48. The van der Waals surface area contributed by atoms with Crippen LogP contribution in [0.1, 0.15) is 32.6 Å². The summed E-state index contributed by atoms with van der Waals surface area (Å²) in [5, 5.41) is 3.30. The maximum absolute atomic E-state index is 3.30. The van der Waals surface area contributed by atoms with Gasteiger partial charge in [0.1, 0.15) is 0 Å². The van der Waals surface area contributed by atoms with Crippen LogP contribution in [0.15, 0.2) is 0 Å². The Balaban J connectivity index is 1.92. The van der Waals surface area contributed by atoms with E-state index < -0.39 is 0 Å². The fraction of sp³-hybridized carbons (Fsp3) is 1.00. The van der Waals surface area contributed by atoms with E-state index in [9.17, 15) is 0 Å². The molecule has 0 saturated heterocycles. The van der Waals surface area contributed by atoms with Crippen molar-refractivity contribution >= 4 is 0 Å². The molecule has 0 aromatic heterocycles. The first-order valence-electron chi connectivity index (χ1n) is 4.05. The molecule has 2 atom stereocenters. The van der Waals surface area contributed by atoms with Gasteiger partial charge in [-0.15, -0.1) is 0 Å². The first-order valence-corrected chi connectivity index (χ1v) is 4.05. The van der Waals surface area contributed by atoms with Crippen molar-refractivity contribution in [2.75, 3.05) is 7.05 Å². The van der Waals surface area contributed by atoms with E-state index in [-0.39, 0.29) is 0 Å². The summed E-state index contributed by atoms with van der Waals surface area (Å²) in [6.07, 6.45) is 5.65. The van der Waals surface area contributed by atoms with Crippen LogP contribution in [0.4, 0.5) is 0 Å². The molecule has 1 rings (SSSR count). The van der Waals surface area contributed by atoms with Gasteiger partial charge in [-0.25, -0.2) is 0 Å². The predicted octanol–water partition coefficient (Wildman–Crippen LogP) is 1.78. The Morgan fingerprint density at radius 1 is 1.56 bits per heavy atom. The summed E-state index contributed by atoms with van der Waals surface area (Å²) in [6.45, 7) is 2.26. The van der Waals surface area contributed by atoms with Gasteiger partial charge in [-0.1, -0.05) is 19.8 Å². The fourth-order valence-electron chi connectivity index (χ4n) is 1.39.